The van der Waals surface area contributed by atoms with Crippen LogP contribution in [-0.4, -0.2) is 54.6 Å². The Balaban J connectivity index is 2.41. The zero-order chi connectivity index (χ0) is 16.0. The Bertz CT molecular complexity index is 390. The van der Waals surface area contributed by atoms with E-state index in [2.05, 4.69) is 10.6 Å². The summed E-state index contributed by atoms with van der Waals surface area (Å²) in [6.45, 7) is 4.80. The van der Waals surface area contributed by atoms with Gasteiger partial charge in [-0.2, -0.15) is 0 Å². The van der Waals surface area contributed by atoms with Crippen molar-refractivity contribution in [2.45, 2.75) is 26.7 Å². The summed E-state index contributed by atoms with van der Waals surface area (Å²) in [7, 11) is 1.61. The summed E-state index contributed by atoms with van der Waals surface area (Å²) in [5.74, 6) is -1.55. The number of likely N-dealkylation sites (tertiary alicyclic amines) is 1. The predicted molar refractivity (Wildman–Crippen MR) is 77.7 cm³/mol. The number of nitrogens with one attached hydrogen (secondary N) is 2. The molecule has 7 heteroatoms. The van der Waals surface area contributed by atoms with Gasteiger partial charge in [-0.05, 0) is 18.8 Å². The van der Waals surface area contributed by atoms with Crippen LogP contribution in [0.4, 0.5) is 4.79 Å². The fourth-order valence-electron chi connectivity index (χ4n) is 2.47. The summed E-state index contributed by atoms with van der Waals surface area (Å²) in [5.41, 5.74) is 0. The SMILES string of the molecule is CNC(=O)C1CCN(C(=O)NCC(C(=O)O)C(C)C)CC1. The third kappa shape index (κ3) is 4.91. The lowest BCUT2D eigenvalue weighted by molar-refractivity contribution is -0.143. The van der Waals surface area contributed by atoms with E-state index in [1.54, 1.807) is 11.9 Å². The summed E-state index contributed by atoms with van der Waals surface area (Å²) in [4.78, 5) is 36.2. The molecule has 7 nitrogen and oxygen atoms in total. The fourth-order valence-corrected chi connectivity index (χ4v) is 2.47. The number of carboxylic acid groups (broad SMARTS) is 1. The second-order valence-electron chi connectivity index (χ2n) is 5.75. The zero-order valence-corrected chi connectivity index (χ0v) is 12.9. The van der Waals surface area contributed by atoms with Gasteiger partial charge in [0.15, 0.2) is 0 Å². The quantitative estimate of drug-likeness (QED) is 0.689. The molecule has 0 aliphatic carbocycles. The van der Waals surface area contributed by atoms with Crippen molar-refractivity contribution >= 4 is 17.9 Å². The maximum absolute atomic E-state index is 12.0. The van der Waals surface area contributed by atoms with Crippen molar-refractivity contribution in [3.05, 3.63) is 0 Å². The first-order valence-electron chi connectivity index (χ1n) is 7.34. The molecule has 0 radical (unpaired) electrons. The Morgan fingerprint density at radius 2 is 1.81 bits per heavy atom. The first-order valence-corrected chi connectivity index (χ1v) is 7.34. The predicted octanol–water partition coefficient (Wildman–Crippen LogP) is 0.511. The van der Waals surface area contributed by atoms with E-state index in [-0.39, 0.29) is 30.3 Å². The summed E-state index contributed by atoms with van der Waals surface area (Å²) in [5, 5.41) is 14.4. The van der Waals surface area contributed by atoms with Crippen LogP contribution in [0.2, 0.25) is 0 Å². The third-order valence-electron chi connectivity index (χ3n) is 3.99. The lowest BCUT2D eigenvalue weighted by Gasteiger charge is -2.31. The molecule has 0 bridgehead atoms. The van der Waals surface area contributed by atoms with Crippen LogP contribution in [0.5, 0.6) is 0 Å². The monoisotopic (exact) mass is 299 g/mol. The molecule has 0 aromatic heterocycles. The van der Waals surface area contributed by atoms with Crippen molar-refractivity contribution in [1.29, 1.82) is 0 Å². The molecule has 1 atom stereocenters. The van der Waals surface area contributed by atoms with E-state index in [9.17, 15) is 14.4 Å². The van der Waals surface area contributed by atoms with Crippen LogP contribution in [0.1, 0.15) is 26.7 Å². The van der Waals surface area contributed by atoms with Crippen LogP contribution in [0, 0.1) is 17.8 Å². The van der Waals surface area contributed by atoms with Crippen molar-refractivity contribution in [3.8, 4) is 0 Å². The molecule has 0 spiro atoms. The van der Waals surface area contributed by atoms with Crippen LogP contribution >= 0.6 is 0 Å². The highest BCUT2D eigenvalue weighted by atomic mass is 16.4. The van der Waals surface area contributed by atoms with E-state index >= 15 is 0 Å². The highest BCUT2D eigenvalue weighted by Gasteiger charge is 2.28. The molecule has 0 saturated carbocycles. The molecule has 1 rings (SSSR count). The van der Waals surface area contributed by atoms with E-state index in [0.29, 0.717) is 25.9 Å². The van der Waals surface area contributed by atoms with E-state index in [4.69, 9.17) is 5.11 Å². The molecule has 0 aromatic rings. The highest BCUT2D eigenvalue weighted by molar-refractivity contribution is 5.79. The molecule has 0 aromatic carbocycles. The molecule has 1 heterocycles. The Morgan fingerprint density at radius 3 is 2.24 bits per heavy atom. The number of carbonyl (C=O) groups excluding carboxylic acids is 2. The van der Waals surface area contributed by atoms with Crippen LogP contribution in [-0.2, 0) is 9.59 Å². The van der Waals surface area contributed by atoms with Crippen molar-refractivity contribution in [2.75, 3.05) is 26.7 Å². The third-order valence-corrected chi connectivity index (χ3v) is 3.99. The first kappa shape index (κ1) is 17.3. The van der Waals surface area contributed by atoms with Gasteiger partial charge in [0, 0.05) is 32.6 Å². The van der Waals surface area contributed by atoms with Crippen molar-refractivity contribution in [1.82, 2.24) is 15.5 Å². The molecule has 1 fully saturated rings. The normalized spacial score (nSPS) is 17.4. The summed E-state index contributed by atoms with van der Waals surface area (Å²) < 4.78 is 0. The Hall–Kier alpha value is -1.79. The number of amides is 3. The molecular formula is C14H25N3O4. The minimum atomic E-state index is -0.899. The van der Waals surface area contributed by atoms with Gasteiger partial charge in [0.2, 0.25) is 5.91 Å². The fraction of sp³-hybridized carbons (Fsp3) is 0.786. The second kappa shape index (κ2) is 7.85. The summed E-state index contributed by atoms with van der Waals surface area (Å²) in [6.07, 6.45) is 1.28. The zero-order valence-electron chi connectivity index (χ0n) is 12.9. The molecule has 1 aliphatic heterocycles. The number of hydrogen-bond acceptors (Lipinski definition) is 3. The number of piperidine rings is 1. The lowest BCUT2D eigenvalue weighted by atomic mass is 9.95. The number of aliphatic carboxylic acids is 1. The van der Waals surface area contributed by atoms with Gasteiger partial charge < -0.3 is 20.6 Å². The number of carbonyl (C=O) groups is 3. The van der Waals surface area contributed by atoms with Gasteiger partial charge in [-0.25, -0.2) is 4.79 Å². The standard InChI is InChI=1S/C14H25N3O4/c1-9(2)11(13(19)20)8-16-14(21)17-6-4-10(5-7-17)12(18)15-3/h9-11H,4-8H2,1-3H3,(H,15,18)(H,16,21)(H,19,20). The number of rotatable bonds is 5. The Labute approximate surface area is 125 Å². The minimum absolute atomic E-state index is 0.0146. The lowest BCUT2D eigenvalue weighted by Crippen LogP contribution is -2.48. The van der Waals surface area contributed by atoms with Crippen molar-refractivity contribution in [2.24, 2.45) is 17.8 Å². The second-order valence-corrected chi connectivity index (χ2v) is 5.75. The average molecular weight is 299 g/mol. The van der Waals surface area contributed by atoms with Gasteiger partial charge in [0.1, 0.15) is 0 Å². The van der Waals surface area contributed by atoms with Gasteiger partial charge in [-0.1, -0.05) is 13.8 Å². The van der Waals surface area contributed by atoms with E-state index in [0.717, 1.165) is 0 Å². The van der Waals surface area contributed by atoms with E-state index < -0.39 is 11.9 Å². The van der Waals surface area contributed by atoms with Gasteiger partial charge in [0.25, 0.3) is 0 Å². The molecule has 1 aliphatic rings. The number of hydrogen-bond donors (Lipinski definition) is 3. The summed E-state index contributed by atoms with van der Waals surface area (Å²) >= 11 is 0. The molecule has 1 saturated heterocycles. The number of nitrogens with zero attached hydrogens (tertiary/aromatic N) is 1. The van der Waals surface area contributed by atoms with Crippen LogP contribution in [0.25, 0.3) is 0 Å². The molecule has 21 heavy (non-hydrogen) atoms. The molecule has 1 unspecified atom stereocenters. The maximum Gasteiger partial charge on any atom is 0.317 e. The molecular weight excluding hydrogens is 274 g/mol. The minimum Gasteiger partial charge on any atom is -0.481 e. The van der Waals surface area contributed by atoms with Crippen LogP contribution in [0.15, 0.2) is 0 Å². The van der Waals surface area contributed by atoms with E-state index in [1.165, 1.54) is 0 Å². The average Bonchev–Trinajstić information content (AvgIpc) is 2.45. The largest absolute Gasteiger partial charge is 0.481 e. The van der Waals surface area contributed by atoms with Gasteiger partial charge >= 0.3 is 12.0 Å². The van der Waals surface area contributed by atoms with Crippen molar-refractivity contribution < 1.29 is 19.5 Å². The topological polar surface area (TPSA) is 98.7 Å². The Morgan fingerprint density at radius 1 is 1.24 bits per heavy atom. The van der Waals surface area contributed by atoms with Crippen molar-refractivity contribution in [3.63, 3.8) is 0 Å². The number of carboxylic acids is 1. The molecule has 120 valence electrons. The maximum atomic E-state index is 12.0. The highest BCUT2D eigenvalue weighted by Crippen LogP contribution is 2.17. The molecule has 3 N–H and O–H groups in total. The number of urea groups is 1. The van der Waals surface area contributed by atoms with Gasteiger partial charge in [-0.15, -0.1) is 0 Å². The van der Waals surface area contributed by atoms with Crippen LogP contribution in [0.3, 0.4) is 0 Å². The first-order chi connectivity index (χ1) is 9.86. The van der Waals surface area contributed by atoms with Crippen LogP contribution < -0.4 is 10.6 Å². The summed E-state index contributed by atoms with van der Waals surface area (Å²) in [6, 6.07) is -0.253. The van der Waals surface area contributed by atoms with Gasteiger partial charge in [-0.3, -0.25) is 9.59 Å². The molecule has 3 amide bonds. The van der Waals surface area contributed by atoms with E-state index in [1.807, 2.05) is 13.8 Å². The smallest absolute Gasteiger partial charge is 0.317 e. The Kier molecular flexibility index (Phi) is 6.45. The van der Waals surface area contributed by atoms with Gasteiger partial charge in [0.05, 0.1) is 5.92 Å².